The van der Waals surface area contributed by atoms with Crippen LogP contribution in [0.3, 0.4) is 0 Å². The Balaban J connectivity index is 2.04. The lowest BCUT2D eigenvalue weighted by molar-refractivity contribution is -0.129. The Hall–Kier alpha value is -2.31. The van der Waals surface area contributed by atoms with Crippen LogP contribution in [0.5, 0.6) is 0 Å². The van der Waals surface area contributed by atoms with E-state index in [0.29, 0.717) is 12.0 Å². The Labute approximate surface area is 157 Å². The molecule has 1 heterocycles. The molecule has 1 aliphatic rings. The fourth-order valence-electron chi connectivity index (χ4n) is 3.28. The number of benzene rings is 2. The zero-order valence-corrected chi connectivity index (χ0v) is 15.5. The predicted molar refractivity (Wildman–Crippen MR) is 102 cm³/mol. The van der Waals surface area contributed by atoms with Gasteiger partial charge in [-0.2, -0.15) is 0 Å². The average molecular weight is 370 g/mol. The molecule has 3 rings (SSSR count). The minimum absolute atomic E-state index is 0.0408. The van der Waals surface area contributed by atoms with E-state index in [2.05, 4.69) is 6.92 Å². The predicted octanol–water partition coefficient (Wildman–Crippen LogP) is 4.25. The van der Waals surface area contributed by atoms with E-state index in [9.17, 15) is 9.59 Å². The third-order valence-corrected chi connectivity index (χ3v) is 5.64. The van der Waals surface area contributed by atoms with Crippen LogP contribution >= 0.6 is 11.8 Å². The molecule has 5 nitrogen and oxygen atoms in total. The highest BCUT2D eigenvalue weighted by atomic mass is 32.2. The van der Waals surface area contributed by atoms with Crippen molar-refractivity contribution < 1.29 is 14.8 Å². The second kappa shape index (κ2) is 8.38. The zero-order chi connectivity index (χ0) is 18.5. The zero-order valence-electron chi connectivity index (χ0n) is 14.6. The number of anilines is 1. The fraction of sp³-hybridized carbons (Fsp3) is 0.300. The first-order valence-electron chi connectivity index (χ1n) is 8.78. The number of para-hydroxylation sites is 1. The van der Waals surface area contributed by atoms with Crippen molar-refractivity contribution in [2.45, 2.75) is 48.4 Å². The number of nitrogens with zero attached hydrogens (tertiary/aromatic N) is 1. The molecule has 2 aromatic rings. The summed E-state index contributed by atoms with van der Waals surface area (Å²) >= 11 is 1.59. The molecule has 0 saturated heterocycles. The molecule has 136 valence electrons. The molecule has 0 aliphatic carbocycles. The van der Waals surface area contributed by atoms with Crippen LogP contribution in [0.1, 0.15) is 43.0 Å². The van der Waals surface area contributed by atoms with Gasteiger partial charge >= 0.3 is 0 Å². The third-order valence-electron chi connectivity index (χ3n) is 4.50. The van der Waals surface area contributed by atoms with E-state index in [4.69, 9.17) is 5.21 Å². The number of carbonyl (C=O) groups excluding carboxylic acids is 2. The number of hydroxylamine groups is 1. The average Bonchev–Trinajstić information content (AvgIpc) is 2.79. The van der Waals surface area contributed by atoms with E-state index in [1.54, 1.807) is 17.2 Å². The summed E-state index contributed by atoms with van der Waals surface area (Å²) in [5.41, 5.74) is 3.24. The van der Waals surface area contributed by atoms with Gasteiger partial charge in [0.15, 0.2) is 0 Å². The highest BCUT2D eigenvalue weighted by molar-refractivity contribution is 7.99. The normalized spacial score (nSPS) is 14.2. The van der Waals surface area contributed by atoms with Crippen molar-refractivity contribution in [1.29, 1.82) is 0 Å². The van der Waals surface area contributed by atoms with Crippen molar-refractivity contribution in [2.75, 3.05) is 4.90 Å². The maximum absolute atomic E-state index is 13.4. The molecule has 0 radical (unpaired) electrons. The Morgan fingerprint density at radius 2 is 1.81 bits per heavy atom. The molecule has 2 N–H and O–H groups in total. The van der Waals surface area contributed by atoms with Gasteiger partial charge in [0.1, 0.15) is 0 Å². The van der Waals surface area contributed by atoms with Gasteiger partial charge < -0.3 is 4.90 Å². The number of hydrogen-bond donors (Lipinski definition) is 2. The summed E-state index contributed by atoms with van der Waals surface area (Å²) in [7, 11) is 0. The van der Waals surface area contributed by atoms with Gasteiger partial charge in [-0.05, 0) is 37.1 Å². The molecule has 2 aromatic carbocycles. The van der Waals surface area contributed by atoms with Gasteiger partial charge in [0.25, 0.3) is 5.91 Å². The van der Waals surface area contributed by atoms with Gasteiger partial charge in [-0.15, -0.1) is 0 Å². The first kappa shape index (κ1) is 18.5. The lowest BCUT2D eigenvalue weighted by Crippen LogP contribution is -2.41. The van der Waals surface area contributed by atoms with Gasteiger partial charge in [0, 0.05) is 22.3 Å². The number of rotatable bonds is 6. The smallest absolute Gasteiger partial charge is 0.259 e. The summed E-state index contributed by atoms with van der Waals surface area (Å²) in [5, 5.41) is 8.79. The van der Waals surface area contributed by atoms with E-state index in [-0.39, 0.29) is 18.4 Å². The highest BCUT2D eigenvalue weighted by Crippen LogP contribution is 2.42. The number of nitrogens with one attached hydrogen (secondary N) is 1. The molecule has 1 unspecified atom stereocenters. The fourth-order valence-corrected chi connectivity index (χ4v) is 4.35. The minimum atomic E-state index is -0.434. The lowest BCUT2D eigenvalue weighted by Gasteiger charge is -2.32. The molecule has 0 spiro atoms. The van der Waals surface area contributed by atoms with Crippen molar-refractivity contribution in [3.63, 3.8) is 0 Å². The van der Waals surface area contributed by atoms with E-state index < -0.39 is 5.91 Å². The van der Waals surface area contributed by atoms with Crippen LogP contribution in [-0.2, 0) is 4.79 Å². The molecule has 0 bridgehead atoms. The van der Waals surface area contributed by atoms with E-state index in [0.717, 1.165) is 28.3 Å². The van der Waals surface area contributed by atoms with E-state index in [1.807, 2.05) is 53.4 Å². The maximum atomic E-state index is 13.4. The second-order valence-electron chi connectivity index (χ2n) is 6.26. The van der Waals surface area contributed by atoms with Crippen molar-refractivity contribution in [1.82, 2.24) is 5.48 Å². The molecule has 6 heteroatoms. The lowest BCUT2D eigenvalue weighted by atomic mass is 10.0. The molecule has 26 heavy (non-hydrogen) atoms. The minimum Gasteiger partial charge on any atom is -0.304 e. The molecule has 1 aliphatic heterocycles. The summed E-state index contributed by atoms with van der Waals surface area (Å²) < 4.78 is 0. The number of carbonyl (C=O) groups is 2. The van der Waals surface area contributed by atoms with E-state index >= 15 is 0 Å². The van der Waals surface area contributed by atoms with Gasteiger partial charge in [-0.3, -0.25) is 14.8 Å². The second-order valence-corrected chi connectivity index (χ2v) is 7.34. The molecule has 1 atom stereocenters. The highest BCUT2D eigenvalue weighted by Gasteiger charge is 2.32. The maximum Gasteiger partial charge on any atom is 0.259 e. The summed E-state index contributed by atoms with van der Waals surface area (Å²) in [5.74, 6) is -0.475. The molecule has 0 aromatic heterocycles. The molecule has 0 saturated carbocycles. The van der Waals surface area contributed by atoms with Crippen molar-refractivity contribution in [3.8, 4) is 0 Å². The first-order chi connectivity index (χ1) is 12.7. The van der Waals surface area contributed by atoms with Crippen molar-refractivity contribution >= 4 is 29.3 Å². The largest absolute Gasteiger partial charge is 0.304 e. The van der Waals surface area contributed by atoms with Crippen LogP contribution in [-0.4, -0.2) is 23.1 Å². The van der Waals surface area contributed by atoms with Gasteiger partial charge in [0.2, 0.25) is 5.91 Å². The van der Waals surface area contributed by atoms with Gasteiger partial charge in [-0.1, -0.05) is 49.4 Å². The molecular formula is C20H22N2O3S. The van der Waals surface area contributed by atoms with Crippen LogP contribution in [0.2, 0.25) is 0 Å². The Morgan fingerprint density at radius 1 is 1.12 bits per heavy atom. The monoisotopic (exact) mass is 370 g/mol. The Bertz CT molecular complexity index is 809. The van der Waals surface area contributed by atoms with Gasteiger partial charge in [-0.25, -0.2) is 5.48 Å². The standard InChI is InChI=1S/C20H22N2O3S/c1-2-7-14(12-13-19(23)21-25)22-16-9-4-6-11-18(16)26-17-10-5-3-8-15(17)20(22)24/h3-6,8-11,14,25H,2,7,12-13H2,1H3,(H,21,23). The van der Waals surface area contributed by atoms with Crippen LogP contribution in [0.25, 0.3) is 0 Å². The third kappa shape index (κ3) is 3.76. The quantitative estimate of drug-likeness (QED) is 0.589. The van der Waals surface area contributed by atoms with E-state index in [1.165, 1.54) is 0 Å². The molecular weight excluding hydrogens is 348 g/mol. The number of amides is 2. The topological polar surface area (TPSA) is 69.6 Å². The first-order valence-corrected chi connectivity index (χ1v) is 9.59. The summed E-state index contributed by atoms with van der Waals surface area (Å²) in [6.45, 7) is 2.07. The summed E-state index contributed by atoms with van der Waals surface area (Å²) in [6, 6.07) is 15.4. The Morgan fingerprint density at radius 3 is 2.54 bits per heavy atom. The van der Waals surface area contributed by atoms with Crippen LogP contribution in [0, 0.1) is 0 Å². The summed E-state index contributed by atoms with van der Waals surface area (Å²) in [4.78, 5) is 28.7. The van der Waals surface area contributed by atoms with Crippen LogP contribution in [0.15, 0.2) is 58.3 Å². The van der Waals surface area contributed by atoms with Gasteiger partial charge in [0.05, 0.1) is 11.3 Å². The number of fused-ring (bicyclic) bond motifs is 2. The SMILES string of the molecule is CCCC(CCC(=O)NO)N1C(=O)c2ccccc2Sc2ccccc21. The number of hydrogen-bond acceptors (Lipinski definition) is 4. The molecule has 0 fully saturated rings. The van der Waals surface area contributed by atoms with Crippen LogP contribution in [0.4, 0.5) is 5.69 Å². The molecule has 2 amide bonds. The summed E-state index contributed by atoms with van der Waals surface area (Å²) in [6.07, 6.45) is 2.34. The van der Waals surface area contributed by atoms with Crippen LogP contribution < -0.4 is 10.4 Å². The Kier molecular flexibility index (Phi) is 5.96. The van der Waals surface area contributed by atoms with Crippen molar-refractivity contribution in [2.24, 2.45) is 0 Å². The van der Waals surface area contributed by atoms with Crippen molar-refractivity contribution in [3.05, 3.63) is 54.1 Å².